The zero-order valence-corrected chi connectivity index (χ0v) is 14.3. The minimum atomic E-state index is -1.02. The number of hydrogen-bond acceptors (Lipinski definition) is 2. The van der Waals surface area contributed by atoms with Crippen molar-refractivity contribution in [2.45, 2.75) is 37.6 Å². The Bertz CT molecular complexity index is 567. The molecule has 1 aliphatic carbocycles. The van der Waals surface area contributed by atoms with E-state index in [1.807, 2.05) is 20.8 Å². The number of amides is 1. The molecule has 1 saturated carbocycles. The van der Waals surface area contributed by atoms with Crippen LogP contribution in [0.15, 0.2) is 24.3 Å². The van der Waals surface area contributed by atoms with Gasteiger partial charge in [0.2, 0.25) is 5.91 Å². The lowest BCUT2D eigenvalue weighted by Gasteiger charge is -2.20. The first-order valence-electron chi connectivity index (χ1n) is 7.32. The molecule has 0 spiro atoms. The molecule has 0 aromatic heterocycles. The highest BCUT2D eigenvalue weighted by Crippen LogP contribution is 2.70. The van der Waals surface area contributed by atoms with Crippen molar-refractivity contribution in [3.63, 3.8) is 0 Å². The Labute approximate surface area is 140 Å². The Hall–Kier alpha value is -1.00. The minimum absolute atomic E-state index is 0.0929. The molecular weight excluding hydrogens is 328 g/mol. The molecule has 1 amide bonds. The molecule has 0 aliphatic heterocycles. The van der Waals surface area contributed by atoms with Gasteiger partial charge in [-0.1, -0.05) is 19.9 Å². The average molecular weight is 348 g/mol. The van der Waals surface area contributed by atoms with Gasteiger partial charge in [-0.25, -0.2) is 4.39 Å². The van der Waals surface area contributed by atoms with Crippen LogP contribution in [0.25, 0.3) is 0 Å². The first-order valence-corrected chi connectivity index (χ1v) is 8.08. The number of hydrogen-bond donors (Lipinski definition) is 1. The fraction of sp³-hybridized carbons (Fsp3) is 0.562. The Morgan fingerprint density at radius 1 is 1.50 bits per heavy atom. The van der Waals surface area contributed by atoms with E-state index in [-0.39, 0.29) is 30.3 Å². The van der Waals surface area contributed by atoms with Crippen LogP contribution in [0.4, 0.5) is 4.39 Å². The summed E-state index contributed by atoms with van der Waals surface area (Å²) in [6.45, 7) is 5.83. The lowest BCUT2D eigenvalue weighted by atomic mass is 9.99. The molecule has 3 nitrogen and oxygen atoms in total. The van der Waals surface area contributed by atoms with Crippen LogP contribution in [0.3, 0.4) is 0 Å². The van der Waals surface area contributed by atoms with Gasteiger partial charge in [-0.05, 0) is 25.5 Å². The van der Waals surface area contributed by atoms with Gasteiger partial charge in [0.05, 0.1) is 11.5 Å². The van der Waals surface area contributed by atoms with Crippen LogP contribution < -0.4 is 10.1 Å². The van der Waals surface area contributed by atoms with E-state index in [0.717, 1.165) is 0 Å². The molecule has 1 aromatic carbocycles. The van der Waals surface area contributed by atoms with Crippen molar-refractivity contribution in [2.24, 2.45) is 11.3 Å². The van der Waals surface area contributed by atoms with Crippen molar-refractivity contribution in [2.75, 3.05) is 6.61 Å². The minimum Gasteiger partial charge on any atom is -0.491 e. The van der Waals surface area contributed by atoms with E-state index >= 15 is 0 Å². The van der Waals surface area contributed by atoms with E-state index in [9.17, 15) is 9.18 Å². The number of carbonyl (C=O) groups is 1. The molecule has 1 aromatic rings. The summed E-state index contributed by atoms with van der Waals surface area (Å²) in [5.41, 5.74) is -0.747. The summed E-state index contributed by atoms with van der Waals surface area (Å²) in [6, 6.07) is 5.64. The summed E-state index contributed by atoms with van der Waals surface area (Å²) in [6.07, 6.45) is 0.574. The van der Waals surface area contributed by atoms with Crippen molar-refractivity contribution in [3.05, 3.63) is 30.1 Å². The number of carbonyl (C=O) groups excluding carboxylic acids is 1. The number of alkyl halides is 2. The van der Waals surface area contributed by atoms with E-state index in [0.29, 0.717) is 12.2 Å². The summed E-state index contributed by atoms with van der Waals surface area (Å²) < 4.78 is 17.5. The topological polar surface area (TPSA) is 38.3 Å². The Morgan fingerprint density at radius 3 is 2.64 bits per heavy atom. The molecule has 0 heterocycles. The zero-order chi connectivity index (χ0) is 16.5. The summed E-state index contributed by atoms with van der Waals surface area (Å²) in [5, 5.41) is 2.88. The summed E-state index contributed by atoms with van der Waals surface area (Å²) >= 11 is 12.4. The molecule has 1 fully saturated rings. The monoisotopic (exact) mass is 347 g/mol. The van der Waals surface area contributed by atoms with Crippen LogP contribution in [0, 0.1) is 17.2 Å². The number of nitrogens with one attached hydrogen (secondary N) is 1. The van der Waals surface area contributed by atoms with Crippen molar-refractivity contribution in [1.29, 1.82) is 0 Å². The Morgan fingerprint density at radius 2 is 2.14 bits per heavy atom. The molecule has 0 bridgehead atoms. The molecule has 2 rings (SSSR count). The largest absolute Gasteiger partial charge is 0.491 e. The van der Waals surface area contributed by atoms with Crippen LogP contribution in [0.2, 0.25) is 0 Å². The van der Waals surface area contributed by atoms with Gasteiger partial charge in [-0.2, -0.15) is 0 Å². The van der Waals surface area contributed by atoms with Gasteiger partial charge in [0.1, 0.15) is 22.5 Å². The maximum atomic E-state index is 13.1. The quantitative estimate of drug-likeness (QED) is 0.791. The second kappa shape index (κ2) is 6.25. The fourth-order valence-electron chi connectivity index (χ4n) is 2.86. The van der Waals surface area contributed by atoms with Crippen LogP contribution in [-0.4, -0.2) is 22.9 Å². The van der Waals surface area contributed by atoms with E-state index in [4.69, 9.17) is 27.9 Å². The molecule has 0 unspecified atom stereocenters. The van der Waals surface area contributed by atoms with Crippen molar-refractivity contribution >= 4 is 29.1 Å². The highest BCUT2D eigenvalue weighted by molar-refractivity contribution is 6.53. The molecule has 1 N–H and O–H groups in total. The second-order valence-electron chi connectivity index (χ2n) is 5.81. The molecule has 0 saturated heterocycles. The molecule has 0 radical (unpaired) electrons. The van der Waals surface area contributed by atoms with E-state index < -0.39 is 9.75 Å². The maximum Gasteiger partial charge on any atom is 0.229 e. The van der Waals surface area contributed by atoms with Gasteiger partial charge < -0.3 is 10.1 Å². The van der Waals surface area contributed by atoms with Crippen LogP contribution in [-0.2, 0) is 4.79 Å². The standard InChI is InChI=1S/C16H20Cl2FNO2/c1-4-15(11(3)16(15,17)18)14(21)20-10(2)9-22-13-7-5-6-12(19)8-13/h5-8,10-11H,4,9H2,1-3H3,(H,20,21)/t10-,11+,15+/m1/s1. The number of ether oxygens (including phenoxy) is 1. The zero-order valence-electron chi connectivity index (χ0n) is 12.8. The normalized spacial score (nSPS) is 27.1. The van der Waals surface area contributed by atoms with Crippen LogP contribution >= 0.6 is 23.2 Å². The van der Waals surface area contributed by atoms with E-state index in [1.54, 1.807) is 12.1 Å². The van der Waals surface area contributed by atoms with Crippen LogP contribution in [0.5, 0.6) is 5.75 Å². The Kier molecular flexibility index (Phi) is 4.93. The van der Waals surface area contributed by atoms with Crippen LogP contribution in [0.1, 0.15) is 27.2 Å². The smallest absolute Gasteiger partial charge is 0.229 e. The van der Waals surface area contributed by atoms with Gasteiger partial charge >= 0.3 is 0 Å². The third kappa shape index (κ3) is 2.91. The summed E-state index contributed by atoms with van der Waals surface area (Å²) in [4.78, 5) is 12.5. The lowest BCUT2D eigenvalue weighted by molar-refractivity contribution is -0.127. The van der Waals surface area contributed by atoms with Crippen molar-refractivity contribution < 1.29 is 13.9 Å². The SMILES string of the molecule is CC[C@@]1(C(=O)N[C@H](C)COc2cccc(F)c2)[C@H](C)C1(Cl)Cl. The first kappa shape index (κ1) is 17.4. The van der Waals surface area contributed by atoms with Crippen molar-refractivity contribution in [3.8, 4) is 5.75 Å². The number of rotatable bonds is 6. The Balaban J connectivity index is 1.90. The molecule has 22 heavy (non-hydrogen) atoms. The van der Waals surface area contributed by atoms with Crippen molar-refractivity contribution in [1.82, 2.24) is 5.32 Å². The molecule has 122 valence electrons. The molecular formula is C16H20Cl2FNO2. The van der Waals surface area contributed by atoms with E-state index in [2.05, 4.69) is 5.32 Å². The fourth-order valence-corrected chi connectivity index (χ4v) is 3.89. The third-order valence-corrected chi connectivity index (χ3v) is 5.76. The maximum absolute atomic E-state index is 13.1. The third-order valence-electron chi connectivity index (χ3n) is 4.43. The predicted molar refractivity (Wildman–Crippen MR) is 85.8 cm³/mol. The van der Waals surface area contributed by atoms with E-state index in [1.165, 1.54) is 12.1 Å². The second-order valence-corrected chi connectivity index (χ2v) is 7.20. The number of halogens is 3. The molecule has 6 heteroatoms. The van der Waals surface area contributed by atoms with Gasteiger partial charge in [0, 0.05) is 12.0 Å². The predicted octanol–water partition coefficient (Wildman–Crippen LogP) is 3.93. The summed E-state index contributed by atoms with van der Waals surface area (Å²) in [7, 11) is 0. The number of benzene rings is 1. The molecule has 1 aliphatic rings. The summed E-state index contributed by atoms with van der Waals surface area (Å²) in [5.74, 6) is -0.192. The van der Waals surface area contributed by atoms with Gasteiger partial charge in [-0.15, -0.1) is 23.2 Å². The van der Waals surface area contributed by atoms with Gasteiger partial charge in [0.25, 0.3) is 0 Å². The molecule has 3 atom stereocenters. The average Bonchev–Trinajstić information content (AvgIpc) is 2.90. The highest BCUT2D eigenvalue weighted by atomic mass is 35.5. The van der Waals surface area contributed by atoms with Gasteiger partial charge in [-0.3, -0.25) is 4.79 Å². The highest BCUT2D eigenvalue weighted by Gasteiger charge is 2.76. The first-order chi connectivity index (χ1) is 10.3. The van der Waals surface area contributed by atoms with Gasteiger partial charge in [0.15, 0.2) is 0 Å². The lowest BCUT2D eigenvalue weighted by Crippen LogP contribution is -2.43.